The van der Waals surface area contributed by atoms with Crippen molar-refractivity contribution >= 4 is 11.3 Å². The smallest absolute Gasteiger partial charge is 0.0693 e. The van der Waals surface area contributed by atoms with Crippen LogP contribution in [0.4, 0.5) is 0 Å². The molecule has 0 saturated carbocycles. The maximum absolute atomic E-state index is 4.12. The Morgan fingerprint density at radius 1 is 1.50 bits per heavy atom. The van der Waals surface area contributed by atoms with E-state index in [1.807, 2.05) is 17.5 Å². The Bertz CT molecular complexity index is 467. The van der Waals surface area contributed by atoms with Crippen LogP contribution >= 0.6 is 11.3 Å². The van der Waals surface area contributed by atoms with Crippen molar-refractivity contribution in [2.45, 2.75) is 26.2 Å². The van der Waals surface area contributed by atoms with Crippen molar-refractivity contribution in [2.24, 2.45) is 0 Å². The summed E-state index contributed by atoms with van der Waals surface area (Å²) in [6.45, 7) is 2.21. The summed E-state index contributed by atoms with van der Waals surface area (Å²) < 4.78 is 0. The van der Waals surface area contributed by atoms with E-state index in [-0.39, 0.29) is 0 Å². The number of aromatic amines is 1. The lowest BCUT2D eigenvalue weighted by molar-refractivity contribution is 0.964. The first-order chi connectivity index (χ1) is 6.88. The van der Waals surface area contributed by atoms with Gasteiger partial charge in [0, 0.05) is 15.3 Å². The number of fused-ring (bicyclic) bond motifs is 3. The van der Waals surface area contributed by atoms with Gasteiger partial charge < -0.3 is 0 Å². The minimum Gasteiger partial charge on any atom is -0.278 e. The minimum absolute atomic E-state index is 1.14. The molecule has 1 aliphatic carbocycles. The van der Waals surface area contributed by atoms with E-state index in [1.165, 1.54) is 33.0 Å². The zero-order valence-electron chi connectivity index (χ0n) is 8.13. The molecule has 0 bridgehead atoms. The minimum atomic E-state index is 1.14. The molecule has 1 N–H and O–H groups in total. The van der Waals surface area contributed by atoms with Crippen LogP contribution in [-0.2, 0) is 19.3 Å². The van der Waals surface area contributed by atoms with Crippen molar-refractivity contribution < 1.29 is 0 Å². The van der Waals surface area contributed by atoms with Gasteiger partial charge in [-0.3, -0.25) is 5.10 Å². The van der Waals surface area contributed by atoms with Gasteiger partial charge in [-0.15, -0.1) is 11.3 Å². The number of aromatic nitrogens is 2. The number of hydrogen-bond acceptors (Lipinski definition) is 2. The zero-order valence-corrected chi connectivity index (χ0v) is 8.95. The molecule has 2 aromatic rings. The zero-order chi connectivity index (χ0) is 9.54. The summed E-state index contributed by atoms with van der Waals surface area (Å²) in [5.41, 5.74) is 4.02. The maximum atomic E-state index is 4.12. The molecule has 0 unspecified atom stereocenters. The molecular formula is C11H12N2S. The fraction of sp³-hybridized carbons (Fsp3) is 0.364. The van der Waals surface area contributed by atoms with Gasteiger partial charge in [0.25, 0.3) is 0 Å². The van der Waals surface area contributed by atoms with E-state index < -0.39 is 0 Å². The van der Waals surface area contributed by atoms with Gasteiger partial charge in [-0.05, 0) is 30.9 Å². The van der Waals surface area contributed by atoms with E-state index in [0.29, 0.717) is 0 Å². The molecule has 1 aliphatic rings. The average Bonchev–Trinajstić information content (AvgIpc) is 2.82. The van der Waals surface area contributed by atoms with Gasteiger partial charge in [0.1, 0.15) is 0 Å². The Morgan fingerprint density at radius 3 is 3.29 bits per heavy atom. The highest BCUT2D eigenvalue weighted by molar-refractivity contribution is 7.12. The van der Waals surface area contributed by atoms with Crippen LogP contribution < -0.4 is 0 Å². The summed E-state index contributed by atoms with van der Waals surface area (Å²) >= 11 is 1.95. The van der Waals surface area contributed by atoms with Crippen LogP contribution in [0.25, 0.3) is 11.3 Å². The number of rotatable bonds is 1. The lowest BCUT2D eigenvalue weighted by Crippen LogP contribution is -1.98. The first-order valence-electron chi connectivity index (χ1n) is 5.02. The first-order valence-corrected chi connectivity index (χ1v) is 5.84. The van der Waals surface area contributed by atoms with E-state index in [2.05, 4.69) is 23.2 Å². The SMILES string of the molecule is CCc1cc2c(s1)CCc1cn[nH]c1-2. The van der Waals surface area contributed by atoms with E-state index in [4.69, 9.17) is 0 Å². The number of thiophene rings is 1. The molecule has 0 aliphatic heterocycles. The number of hydrogen-bond donors (Lipinski definition) is 1. The maximum Gasteiger partial charge on any atom is 0.0693 e. The van der Waals surface area contributed by atoms with Crippen molar-refractivity contribution in [3.8, 4) is 11.3 Å². The van der Waals surface area contributed by atoms with Crippen molar-refractivity contribution in [1.29, 1.82) is 0 Å². The van der Waals surface area contributed by atoms with E-state index >= 15 is 0 Å². The summed E-state index contributed by atoms with van der Waals surface area (Å²) in [4.78, 5) is 3.01. The number of H-pyrrole nitrogens is 1. The highest BCUT2D eigenvalue weighted by atomic mass is 32.1. The predicted molar refractivity (Wildman–Crippen MR) is 58.7 cm³/mol. The lowest BCUT2D eigenvalue weighted by atomic mass is 9.97. The molecule has 72 valence electrons. The molecule has 0 radical (unpaired) electrons. The molecule has 3 heteroatoms. The van der Waals surface area contributed by atoms with Crippen LogP contribution in [0.3, 0.4) is 0 Å². The topological polar surface area (TPSA) is 28.7 Å². The molecule has 0 fully saturated rings. The number of nitrogens with zero attached hydrogens (tertiary/aromatic N) is 1. The Kier molecular flexibility index (Phi) is 1.74. The van der Waals surface area contributed by atoms with Crippen LogP contribution in [0, 0.1) is 0 Å². The lowest BCUT2D eigenvalue weighted by Gasteiger charge is -2.09. The summed E-state index contributed by atoms with van der Waals surface area (Å²) in [6, 6.07) is 2.32. The summed E-state index contributed by atoms with van der Waals surface area (Å²) in [7, 11) is 0. The van der Waals surface area contributed by atoms with Gasteiger partial charge in [-0.1, -0.05) is 6.92 Å². The van der Waals surface area contributed by atoms with E-state index in [0.717, 1.165) is 12.8 Å². The largest absolute Gasteiger partial charge is 0.278 e. The Morgan fingerprint density at radius 2 is 2.43 bits per heavy atom. The normalized spacial score (nSPS) is 13.8. The summed E-state index contributed by atoms with van der Waals surface area (Å²) in [6.07, 6.45) is 5.43. The standard InChI is InChI=1S/C11H12N2S/c1-2-8-5-9-10(14-8)4-3-7-6-12-13-11(7)9/h5-6H,2-4H2,1H3,(H,12,13). The van der Waals surface area contributed by atoms with Gasteiger partial charge >= 0.3 is 0 Å². The molecular weight excluding hydrogens is 192 g/mol. The molecule has 2 aromatic heterocycles. The first kappa shape index (κ1) is 8.24. The third kappa shape index (κ3) is 1.05. The molecule has 2 heterocycles. The molecule has 0 aromatic carbocycles. The van der Waals surface area contributed by atoms with Crippen molar-refractivity contribution in [3.63, 3.8) is 0 Å². The van der Waals surface area contributed by atoms with E-state index in [9.17, 15) is 0 Å². The quantitative estimate of drug-likeness (QED) is 0.760. The fourth-order valence-corrected chi connectivity index (χ4v) is 3.15. The van der Waals surface area contributed by atoms with Crippen LogP contribution in [0.15, 0.2) is 12.3 Å². The predicted octanol–water partition coefficient (Wildman–Crippen LogP) is 2.80. The number of nitrogens with one attached hydrogen (secondary N) is 1. The second kappa shape index (κ2) is 2.95. The van der Waals surface area contributed by atoms with Crippen LogP contribution in [0.2, 0.25) is 0 Å². The Balaban J connectivity index is 2.20. The second-order valence-electron chi connectivity index (χ2n) is 3.67. The Hall–Kier alpha value is -1.09. The Labute approximate surface area is 87.0 Å². The molecule has 2 nitrogen and oxygen atoms in total. The third-order valence-electron chi connectivity index (χ3n) is 2.82. The molecule has 14 heavy (non-hydrogen) atoms. The van der Waals surface area contributed by atoms with Crippen molar-refractivity contribution in [1.82, 2.24) is 10.2 Å². The van der Waals surface area contributed by atoms with Gasteiger partial charge in [-0.2, -0.15) is 5.10 Å². The molecule has 3 rings (SSSR count). The van der Waals surface area contributed by atoms with Gasteiger partial charge in [0.15, 0.2) is 0 Å². The van der Waals surface area contributed by atoms with E-state index in [1.54, 1.807) is 0 Å². The second-order valence-corrected chi connectivity index (χ2v) is 4.89. The van der Waals surface area contributed by atoms with Crippen LogP contribution in [0.5, 0.6) is 0 Å². The highest BCUT2D eigenvalue weighted by Crippen LogP contribution is 2.37. The number of aryl methyl sites for hydroxylation is 3. The van der Waals surface area contributed by atoms with Gasteiger partial charge in [0.2, 0.25) is 0 Å². The monoisotopic (exact) mass is 204 g/mol. The van der Waals surface area contributed by atoms with Gasteiger partial charge in [0.05, 0.1) is 11.9 Å². The van der Waals surface area contributed by atoms with Crippen LogP contribution in [-0.4, -0.2) is 10.2 Å². The molecule has 0 atom stereocenters. The summed E-state index contributed by atoms with van der Waals surface area (Å²) in [5.74, 6) is 0. The van der Waals surface area contributed by atoms with Crippen molar-refractivity contribution in [3.05, 3.63) is 27.6 Å². The highest BCUT2D eigenvalue weighted by Gasteiger charge is 2.19. The summed E-state index contributed by atoms with van der Waals surface area (Å²) in [5, 5.41) is 7.23. The molecule has 0 spiro atoms. The van der Waals surface area contributed by atoms with Crippen molar-refractivity contribution in [2.75, 3.05) is 0 Å². The van der Waals surface area contributed by atoms with Crippen LogP contribution in [0.1, 0.15) is 22.2 Å². The third-order valence-corrected chi connectivity index (χ3v) is 4.16. The van der Waals surface area contributed by atoms with Gasteiger partial charge in [-0.25, -0.2) is 0 Å². The average molecular weight is 204 g/mol. The molecule has 0 saturated heterocycles. The molecule has 0 amide bonds. The fourth-order valence-electron chi connectivity index (χ4n) is 2.04.